The van der Waals surface area contributed by atoms with E-state index in [-0.39, 0.29) is 6.61 Å². The Balaban J connectivity index is 3.49. The number of hydrogen-bond donors (Lipinski definition) is 2. The maximum absolute atomic E-state index is 10.7. The van der Waals surface area contributed by atoms with E-state index >= 15 is 0 Å². The van der Waals surface area contributed by atoms with Gasteiger partial charge in [0.15, 0.2) is 0 Å². The van der Waals surface area contributed by atoms with E-state index in [4.69, 9.17) is 9.84 Å². The van der Waals surface area contributed by atoms with E-state index in [9.17, 15) is 5.11 Å². The van der Waals surface area contributed by atoms with Gasteiger partial charge in [-0.25, -0.2) is 0 Å². The molecule has 1 atom stereocenters. The lowest BCUT2D eigenvalue weighted by molar-refractivity contribution is 0.0372. The fourth-order valence-corrected chi connectivity index (χ4v) is 3.03. The van der Waals surface area contributed by atoms with Crippen molar-refractivity contribution in [3.05, 3.63) is 26.7 Å². The van der Waals surface area contributed by atoms with Gasteiger partial charge in [0, 0.05) is 16.6 Å². The third kappa shape index (κ3) is 3.12. The highest BCUT2D eigenvalue weighted by atomic mass is 79.9. The lowest BCUT2D eigenvalue weighted by Crippen LogP contribution is -2.24. The van der Waals surface area contributed by atoms with Gasteiger partial charge in [0.25, 0.3) is 0 Å². The van der Waals surface area contributed by atoms with Crippen LogP contribution >= 0.6 is 15.9 Å². The van der Waals surface area contributed by atoms with Crippen molar-refractivity contribution in [2.75, 3.05) is 13.7 Å². The molecule has 0 aliphatic rings. The van der Waals surface area contributed by atoms with Crippen LogP contribution in [0.2, 0.25) is 0 Å². The van der Waals surface area contributed by atoms with Crippen LogP contribution < -0.4 is 4.74 Å². The molecule has 4 heteroatoms. The summed E-state index contributed by atoms with van der Waals surface area (Å²) in [5.74, 6) is 0.737. The number of halogens is 1. The molecule has 1 rings (SSSR count). The smallest absolute Gasteiger partial charge is 0.128 e. The van der Waals surface area contributed by atoms with Gasteiger partial charge in [-0.1, -0.05) is 15.9 Å². The van der Waals surface area contributed by atoms with Crippen LogP contribution in [0.3, 0.4) is 0 Å². The van der Waals surface area contributed by atoms with Gasteiger partial charge < -0.3 is 14.9 Å². The van der Waals surface area contributed by atoms with Crippen molar-refractivity contribution in [1.82, 2.24) is 0 Å². The molecule has 0 amide bonds. The summed E-state index contributed by atoms with van der Waals surface area (Å²) in [4.78, 5) is 0. The normalized spacial score (nSPS) is 14.3. The molecule has 0 spiro atoms. The standard InChI is InChI=1S/C15H23BrO3/c1-9-10(2)14(19-5)12(11(3)13(9)16)15(4,18)7-6-8-17/h17-18H,6-8H2,1-5H3. The molecule has 0 aliphatic heterocycles. The highest BCUT2D eigenvalue weighted by Gasteiger charge is 2.31. The summed E-state index contributed by atoms with van der Waals surface area (Å²) in [5, 5.41) is 19.7. The lowest BCUT2D eigenvalue weighted by atomic mass is 9.84. The Bertz CT molecular complexity index is 467. The molecule has 0 saturated carbocycles. The van der Waals surface area contributed by atoms with Crippen LogP contribution in [-0.4, -0.2) is 23.9 Å². The Hall–Kier alpha value is -0.580. The first kappa shape index (κ1) is 16.5. The zero-order valence-corrected chi connectivity index (χ0v) is 13.9. The van der Waals surface area contributed by atoms with Crippen molar-refractivity contribution < 1.29 is 14.9 Å². The average molecular weight is 331 g/mol. The minimum atomic E-state index is -1.01. The van der Waals surface area contributed by atoms with Gasteiger partial charge >= 0.3 is 0 Å². The third-order valence-corrected chi connectivity index (χ3v) is 4.92. The number of rotatable bonds is 5. The van der Waals surface area contributed by atoms with Crippen molar-refractivity contribution in [1.29, 1.82) is 0 Å². The van der Waals surface area contributed by atoms with Gasteiger partial charge in [-0.05, 0) is 57.2 Å². The Morgan fingerprint density at radius 3 is 2.21 bits per heavy atom. The average Bonchev–Trinajstić information content (AvgIpc) is 2.37. The molecule has 19 heavy (non-hydrogen) atoms. The number of ether oxygens (including phenoxy) is 1. The Morgan fingerprint density at radius 1 is 1.16 bits per heavy atom. The summed E-state index contributed by atoms with van der Waals surface area (Å²) in [6, 6.07) is 0. The number of aliphatic hydroxyl groups is 2. The van der Waals surface area contributed by atoms with Gasteiger partial charge in [-0.15, -0.1) is 0 Å². The Labute approximate surface area is 123 Å². The summed E-state index contributed by atoms with van der Waals surface area (Å²) < 4.78 is 6.52. The van der Waals surface area contributed by atoms with E-state index in [0.29, 0.717) is 12.8 Å². The molecule has 0 bridgehead atoms. The molecule has 0 aromatic heterocycles. The van der Waals surface area contributed by atoms with E-state index < -0.39 is 5.60 Å². The molecule has 1 aromatic rings. The first-order valence-corrected chi connectivity index (χ1v) is 7.24. The van der Waals surface area contributed by atoms with Gasteiger partial charge in [0.2, 0.25) is 0 Å². The molecular formula is C15H23BrO3. The molecule has 0 fully saturated rings. The number of methoxy groups -OCH3 is 1. The molecule has 1 aromatic carbocycles. The van der Waals surface area contributed by atoms with E-state index in [0.717, 1.165) is 32.5 Å². The summed E-state index contributed by atoms with van der Waals surface area (Å²) in [6.07, 6.45) is 1.05. The molecular weight excluding hydrogens is 308 g/mol. The van der Waals surface area contributed by atoms with Crippen molar-refractivity contribution in [3.63, 3.8) is 0 Å². The second kappa shape index (κ2) is 6.25. The topological polar surface area (TPSA) is 49.7 Å². The van der Waals surface area contributed by atoms with Crippen molar-refractivity contribution >= 4 is 15.9 Å². The van der Waals surface area contributed by atoms with Gasteiger partial charge in [-0.2, -0.15) is 0 Å². The molecule has 108 valence electrons. The van der Waals surface area contributed by atoms with Crippen LogP contribution in [0.4, 0.5) is 0 Å². The van der Waals surface area contributed by atoms with Gasteiger partial charge in [0.05, 0.1) is 12.7 Å². The second-order valence-electron chi connectivity index (χ2n) is 5.20. The zero-order valence-electron chi connectivity index (χ0n) is 12.3. The van der Waals surface area contributed by atoms with Gasteiger partial charge in [-0.3, -0.25) is 0 Å². The maximum atomic E-state index is 10.7. The van der Waals surface area contributed by atoms with Crippen molar-refractivity contribution in [2.45, 2.75) is 46.1 Å². The molecule has 3 nitrogen and oxygen atoms in total. The largest absolute Gasteiger partial charge is 0.496 e. The Kier molecular flexibility index (Phi) is 5.42. The van der Waals surface area contributed by atoms with E-state index in [1.54, 1.807) is 14.0 Å². The van der Waals surface area contributed by atoms with Crippen LogP contribution in [0.25, 0.3) is 0 Å². The molecule has 0 aliphatic carbocycles. The van der Waals surface area contributed by atoms with Gasteiger partial charge in [0.1, 0.15) is 5.75 Å². The number of aliphatic hydroxyl groups excluding tert-OH is 1. The summed E-state index contributed by atoms with van der Waals surface area (Å²) in [6.45, 7) is 7.84. The highest BCUT2D eigenvalue weighted by molar-refractivity contribution is 9.10. The first-order valence-electron chi connectivity index (χ1n) is 6.44. The lowest BCUT2D eigenvalue weighted by Gasteiger charge is -2.30. The van der Waals surface area contributed by atoms with Crippen LogP contribution in [-0.2, 0) is 5.60 Å². The zero-order chi connectivity index (χ0) is 14.8. The van der Waals surface area contributed by atoms with Crippen molar-refractivity contribution in [2.24, 2.45) is 0 Å². The number of hydrogen-bond acceptors (Lipinski definition) is 3. The molecule has 2 N–H and O–H groups in total. The Morgan fingerprint density at radius 2 is 1.74 bits per heavy atom. The van der Waals surface area contributed by atoms with Crippen LogP contribution in [0, 0.1) is 20.8 Å². The SMILES string of the molecule is COc1c(C)c(C)c(Br)c(C)c1C(C)(O)CCCO. The minimum absolute atomic E-state index is 0.0729. The maximum Gasteiger partial charge on any atom is 0.128 e. The monoisotopic (exact) mass is 330 g/mol. The predicted molar refractivity (Wildman–Crippen MR) is 80.8 cm³/mol. The van der Waals surface area contributed by atoms with Crippen molar-refractivity contribution in [3.8, 4) is 5.75 Å². The van der Waals surface area contributed by atoms with Crippen LogP contribution in [0.5, 0.6) is 5.75 Å². The molecule has 0 heterocycles. The highest BCUT2D eigenvalue weighted by Crippen LogP contribution is 2.43. The van der Waals surface area contributed by atoms with E-state index in [1.165, 1.54) is 0 Å². The van der Waals surface area contributed by atoms with Crippen LogP contribution in [0.15, 0.2) is 4.47 Å². The summed E-state index contributed by atoms with van der Waals surface area (Å²) >= 11 is 3.59. The third-order valence-electron chi connectivity index (χ3n) is 3.73. The molecule has 1 unspecified atom stereocenters. The second-order valence-corrected chi connectivity index (χ2v) is 5.99. The molecule has 0 radical (unpaired) electrons. The van der Waals surface area contributed by atoms with E-state index in [2.05, 4.69) is 15.9 Å². The van der Waals surface area contributed by atoms with E-state index in [1.807, 2.05) is 20.8 Å². The summed E-state index contributed by atoms with van der Waals surface area (Å²) in [7, 11) is 1.63. The molecule has 0 saturated heterocycles. The minimum Gasteiger partial charge on any atom is -0.496 e. The fraction of sp³-hybridized carbons (Fsp3) is 0.600. The first-order chi connectivity index (χ1) is 8.77. The quantitative estimate of drug-likeness (QED) is 0.870. The summed E-state index contributed by atoms with van der Waals surface area (Å²) in [5.41, 5.74) is 2.93. The predicted octanol–water partition coefficient (Wildman–Crippen LogP) is 3.36. The fourth-order valence-electron chi connectivity index (χ4n) is 2.54. The number of benzene rings is 1. The van der Waals surface area contributed by atoms with Crippen LogP contribution in [0.1, 0.15) is 42.0 Å².